The number of carbonyl (C=O) groups excluding carboxylic acids is 1. The Hall–Kier alpha value is -1.48. The van der Waals surface area contributed by atoms with Gasteiger partial charge in [-0.05, 0) is 88.9 Å². The van der Waals surface area contributed by atoms with Crippen LogP contribution < -0.4 is 20.5 Å². The number of carboxylic acid groups (broad SMARTS) is 1. The predicted octanol–water partition coefficient (Wildman–Crippen LogP) is 1.74. The van der Waals surface area contributed by atoms with Gasteiger partial charge in [0.1, 0.15) is 12.4 Å². The second kappa shape index (κ2) is 13.7. The van der Waals surface area contributed by atoms with Crippen LogP contribution in [0.25, 0.3) is 0 Å². The van der Waals surface area contributed by atoms with Crippen LogP contribution in [0.4, 0.5) is 0 Å². The summed E-state index contributed by atoms with van der Waals surface area (Å²) < 4.78 is 7.16. The first-order chi connectivity index (χ1) is 13.8. The van der Waals surface area contributed by atoms with Crippen LogP contribution in [0, 0.1) is 0 Å². The number of benzene rings is 1. The van der Waals surface area contributed by atoms with E-state index in [0.29, 0.717) is 21.3 Å². The van der Waals surface area contributed by atoms with Crippen LogP contribution in [0.15, 0.2) is 45.5 Å². The number of ether oxygens (including phenoxy) is 1. The lowest BCUT2D eigenvalue weighted by atomic mass is 10.1. The third-order valence-electron chi connectivity index (χ3n) is 4.41. The molecular formula is C21H29Br2N3O3. The number of nitrogens with two attached hydrogens (primary N) is 1. The molecule has 0 aliphatic heterocycles. The first-order valence-electron chi connectivity index (χ1n) is 9.62. The largest absolute Gasteiger partial charge is 0.548 e. The third kappa shape index (κ3) is 9.25. The van der Waals surface area contributed by atoms with Crippen molar-refractivity contribution >= 4 is 37.8 Å². The fourth-order valence-electron chi connectivity index (χ4n) is 2.59. The first kappa shape index (κ1) is 25.6. The Morgan fingerprint density at radius 3 is 2.17 bits per heavy atom. The van der Waals surface area contributed by atoms with Crippen LogP contribution in [0.2, 0.25) is 0 Å². The van der Waals surface area contributed by atoms with Gasteiger partial charge in [0.25, 0.3) is 0 Å². The van der Waals surface area contributed by atoms with Crippen LogP contribution in [0.5, 0.6) is 5.75 Å². The van der Waals surface area contributed by atoms with Crippen LogP contribution in [-0.4, -0.2) is 36.6 Å². The van der Waals surface area contributed by atoms with Crippen molar-refractivity contribution in [3.05, 3.63) is 56.7 Å². The van der Waals surface area contributed by atoms with Gasteiger partial charge < -0.3 is 25.3 Å². The van der Waals surface area contributed by atoms with Gasteiger partial charge in [-0.15, -0.1) is 0 Å². The van der Waals surface area contributed by atoms with Crippen molar-refractivity contribution in [3.8, 4) is 5.75 Å². The minimum absolute atomic E-state index is 0.181. The van der Waals surface area contributed by atoms with Gasteiger partial charge in [0, 0.05) is 12.2 Å². The van der Waals surface area contributed by atoms with E-state index in [0.717, 1.165) is 11.3 Å². The number of pyridine rings is 1. The number of aromatic nitrogens is 1. The molecule has 1 aromatic heterocycles. The monoisotopic (exact) mass is 529 g/mol. The van der Waals surface area contributed by atoms with Crippen molar-refractivity contribution < 1.29 is 19.5 Å². The summed E-state index contributed by atoms with van der Waals surface area (Å²) in [5.74, 6) is -0.654. The molecule has 1 unspecified atom stereocenters. The summed E-state index contributed by atoms with van der Waals surface area (Å²) in [4.78, 5) is 16.6. The Labute approximate surface area is 189 Å². The number of aliphatic carboxylic acids is 1. The van der Waals surface area contributed by atoms with Crippen LogP contribution in [0.1, 0.15) is 32.0 Å². The van der Waals surface area contributed by atoms with E-state index in [1.54, 1.807) is 23.2 Å². The number of hydrogen-bond acceptors (Lipinski definition) is 5. The molecule has 0 aliphatic rings. The fourth-order valence-corrected chi connectivity index (χ4v) is 4.10. The molecule has 0 saturated heterocycles. The zero-order chi connectivity index (χ0) is 21.8. The highest BCUT2D eigenvalue weighted by molar-refractivity contribution is 9.11. The van der Waals surface area contributed by atoms with Crippen LogP contribution in [0.3, 0.4) is 0 Å². The molecule has 0 amide bonds. The van der Waals surface area contributed by atoms with E-state index in [2.05, 4.69) is 57.6 Å². The summed E-state index contributed by atoms with van der Waals surface area (Å²) in [6.07, 6.45) is 1.88. The summed E-state index contributed by atoms with van der Waals surface area (Å²) in [7, 11) is 0. The van der Waals surface area contributed by atoms with Gasteiger partial charge in [0.2, 0.25) is 0 Å². The van der Waals surface area contributed by atoms with Gasteiger partial charge in [0.05, 0.1) is 40.2 Å². The standard InChI is InChI=1S/C15H14Br2N2O3.C6H15N/c16-11-5-9(7-13(18)15(20)21)6-12(17)14(11)22-8-10-3-1-2-4-19-10;1-4-7(5-2)6-3/h1-6,13H,7-8,18H2,(H,20,21);4-6H2,1-3H3. The molecule has 2 aromatic rings. The molecule has 0 aliphatic carbocycles. The maximum absolute atomic E-state index is 10.7. The van der Waals surface area contributed by atoms with Gasteiger partial charge in [-0.2, -0.15) is 0 Å². The number of carbonyl (C=O) groups is 1. The van der Waals surface area contributed by atoms with E-state index in [-0.39, 0.29) is 6.42 Å². The van der Waals surface area contributed by atoms with E-state index in [4.69, 9.17) is 10.5 Å². The number of quaternary nitrogens is 1. The second-order valence-corrected chi connectivity index (χ2v) is 8.15. The molecule has 0 fully saturated rings. The minimum Gasteiger partial charge on any atom is -0.548 e. The fraction of sp³-hybridized carbons (Fsp3) is 0.429. The number of carboxylic acids is 1. The Balaban J connectivity index is 0.000000516. The molecule has 0 saturated carbocycles. The van der Waals surface area contributed by atoms with E-state index in [9.17, 15) is 9.90 Å². The summed E-state index contributed by atoms with van der Waals surface area (Å²) in [5.41, 5.74) is 7.06. The van der Waals surface area contributed by atoms with Crippen molar-refractivity contribution in [3.63, 3.8) is 0 Å². The summed E-state index contributed by atoms with van der Waals surface area (Å²) in [6.45, 7) is 10.8. The maximum Gasteiger partial charge on any atom is 0.148 e. The maximum atomic E-state index is 10.7. The summed E-state index contributed by atoms with van der Waals surface area (Å²) in [6, 6.07) is 8.11. The van der Waals surface area contributed by atoms with Crippen LogP contribution in [-0.2, 0) is 17.8 Å². The third-order valence-corrected chi connectivity index (χ3v) is 5.59. The normalized spacial score (nSPS) is 11.6. The van der Waals surface area contributed by atoms with Gasteiger partial charge >= 0.3 is 0 Å². The Morgan fingerprint density at radius 1 is 1.17 bits per heavy atom. The number of hydrogen-bond donors (Lipinski definition) is 2. The highest BCUT2D eigenvalue weighted by Crippen LogP contribution is 2.35. The average Bonchev–Trinajstić information content (AvgIpc) is 2.70. The lowest BCUT2D eigenvalue weighted by Crippen LogP contribution is -3.11. The van der Waals surface area contributed by atoms with E-state index >= 15 is 0 Å². The number of nitrogens with one attached hydrogen (secondary N) is 1. The number of nitrogens with zero attached hydrogens (tertiary/aromatic N) is 1. The minimum atomic E-state index is -1.28. The molecule has 160 valence electrons. The second-order valence-electron chi connectivity index (χ2n) is 6.44. The van der Waals surface area contributed by atoms with Crippen molar-refractivity contribution in [2.75, 3.05) is 19.6 Å². The molecule has 1 atom stereocenters. The Kier molecular flexibility index (Phi) is 12.1. The summed E-state index contributed by atoms with van der Waals surface area (Å²) in [5, 5.41) is 10.7. The zero-order valence-electron chi connectivity index (χ0n) is 17.1. The topological polar surface area (TPSA) is 92.7 Å². The van der Waals surface area contributed by atoms with Crippen molar-refractivity contribution in [1.29, 1.82) is 0 Å². The molecule has 0 bridgehead atoms. The smallest absolute Gasteiger partial charge is 0.148 e. The molecule has 6 nitrogen and oxygen atoms in total. The summed E-state index contributed by atoms with van der Waals surface area (Å²) >= 11 is 6.84. The van der Waals surface area contributed by atoms with Gasteiger partial charge in [-0.3, -0.25) is 4.98 Å². The molecular weight excluding hydrogens is 502 g/mol. The highest BCUT2D eigenvalue weighted by Gasteiger charge is 2.12. The van der Waals surface area contributed by atoms with E-state index in [1.807, 2.05) is 18.2 Å². The van der Waals surface area contributed by atoms with E-state index < -0.39 is 12.0 Å². The SMILES string of the molecule is CC[NH+](CC)CC.NC(Cc1cc(Br)c(OCc2ccccn2)c(Br)c1)C(=O)[O-]. The molecule has 1 aromatic carbocycles. The molecule has 1 heterocycles. The molecule has 0 radical (unpaired) electrons. The Bertz CT molecular complexity index is 728. The van der Waals surface area contributed by atoms with Gasteiger partial charge in [-0.25, -0.2) is 0 Å². The number of halogens is 2. The van der Waals surface area contributed by atoms with E-state index in [1.165, 1.54) is 19.6 Å². The number of rotatable bonds is 9. The molecule has 8 heteroatoms. The predicted molar refractivity (Wildman–Crippen MR) is 120 cm³/mol. The molecule has 2 rings (SSSR count). The highest BCUT2D eigenvalue weighted by atomic mass is 79.9. The van der Waals surface area contributed by atoms with Crippen molar-refractivity contribution in [2.24, 2.45) is 5.73 Å². The Morgan fingerprint density at radius 2 is 1.76 bits per heavy atom. The first-order valence-corrected chi connectivity index (χ1v) is 11.2. The van der Waals surface area contributed by atoms with Gasteiger partial charge in [-0.1, -0.05) is 6.07 Å². The average molecular weight is 531 g/mol. The van der Waals surface area contributed by atoms with Gasteiger partial charge in [0.15, 0.2) is 0 Å². The molecule has 0 spiro atoms. The van der Waals surface area contributed by atoms with Crippen LogP contribution >= 0.6 is 31.9 Å². The molecule has 29 heavy (non-hydrogen) atoms. The lowest BCUT2D eigenvalue weighted by molar-refractivity contribution is -0.894. The van der Waals surface area contributed by atoms with Crippen molar-refractivity contribution in [1.82, 2.24) is 4.98 Å². The van der Waals surface area contributed by atoms with Crippen molar-refractivity contribution in [2.45, 2.75) is 39.8 Å². The quantitative estimate of drug-likeness (QED) is 0.515. The zero-order valence-corrected chi connectivity index (χ0v) is 20.3. The lowest BCUT2D eigenvalue weighted by Gasteiger charge is -2.15. The molecule has 3 N–H and O–H groups in total.